The van der Waals surface area contributed by atoms with Gasteiger partial charge >= 0.3 is 0 Å². The van der Waals surface area contributed by atoms with Crippen molar-refractivity contribution in [3.05, 3.63) is 34.9 Å². The van der Waals surface area contributed by atoms with Crippen LogP contribution in [-0.4, -0.2) is 13.0 Å². The fourth-order valence-corrected chi connectivity index (χ4v) is 1.36. The summed E-state index contributed by atoms with van der Waals surface area (Å²) < 4.78 is 23.8. The maximum Gasteiger partial charge on any atom is 0.250 e. The second-order valence-electron chi connectivity index (χ2n) is 3.08. The maximum absolute atomic E-state index is 11.9. The lowest BCUT2D eigenvalue weighted by molar-refractivity contribution is 0.142. The third-order valence-electron chi connectivity index (χ3n) is 1.93. The molecule has 0 radical (unpaired) electrons. The van der Waals surface area contributed by atoms with E-state index in [2.05, 4.69) is 5.32 Å². The summed E-state index contributed by atoms with van der Waals surface area (Å²) in [5, 5.41) is 3.34. The van der Waals surface area contributed by atoms with E-state index in [1.165, 1.54) is 0 Å². The van der Waals surface area contributed by atoms with Crippen molar-refractivity contribution in [3.8, 4) is 0 Å². The molecule has 0 aliphatic rings. The second kappa shape index (κ2) is 5.27. The first-order valence-electron chi connectivity index (χ1n) is 4.36. The summed E-state index contributed by atoms with van der Waals surface area (Å²) in [7, 11) is 0. The van der Waals surface area contributed by atoms with E-state index in [0.29, 0.717) is 5.02 Å². The van der Waals surface area contributed by atoms with Gasteiger partial charge < -0.3 is 5.32 Å². The van der Waals surface area contributed by atoms with Gasteiger partial charge in [0.1, 0.15) is 0 Å². The number of nitrogens with one attached hydrogen (secondary N) is 1. The van der Waals surface area contributed by atoms with Crippen LogP contribution < -0.4 is 5.32 Å². The van der Waals surface area contributed by atoms with Crippen LogP contribution in [0.4, 0.5) is 8.78 Å². The minimum atomic E-state index is -2.32. The minimum absolute atomic E-state index is 0.109. The predicted octanol–water partition coefficient (Wildman–Crippen LogP) is 3.26. The van der Waals surface area contributed by atoms with Crippen molar-refractivity contribution in [1.29, 1.82) is 0 Å². The van der Waals surface area contributed by atoms with Gasteiger partial charge in [0, 0.05) is 11.1 Å². The normalized spacial score (nSPS) is 13.2. The monoisotopic (exact) mass is 219 g/mol. The minimum Gasteiger partial charge on any atom is -0.305 e. The van der Waals surface area contributed by atoms with Crippen molar-refractivity contribution in [3.63, 3.8) is 0 Å². The number of alkyl halides is 2. The quantitative estimate of drug-likeness (QED) is 0.820. The molecule has 0 aliphatic carbocycles. The van der Waals surface area contributed by atoms with E-state index in [9.17, 15) is 8.78 Å². The van der Waals surface area contributed by atoms with Crippen molar-refractivity contribution in [2.45, 2.75) is 19.4 Å². The topological polar surface area (TPSA) is 12.0 Å². The molecule has 0 spiro atoms. The first-order valence-corrected chi connectivity index (χ1v) is 4.74. The second-order valence-corrected chi connectivity index (χ2v) is 3.51. The van der Waals surface area contributed by atoms with Crippen molar-refractivity contribution in [2.75, 3.05) is 6.54 Å². The standard InChI is InChI=1S/C10H12ClF2N/c1-7(14-6-10(12)13)8-3-2-4-9(11)5-8/h2-5,7,10,14H,6H2,1H3. The van der Waals surface area contributed by atoms with Crippen LogP contribution in [0, 0.1) is 0 Å². The average Bonchev–Trinajstić information content (AvgIpc) is 2.14. The molecule has 0 saturated carbocycles. The highest BCUT2D eigenvalue weighted by Gasteiger charge is 2.08. The van der Waals surface area contributed by atoms with E-state index in [1.807, 2.05) is 13.0 Å². The fourth-order valence-electron chi connectivity index (χ4n) is 1.16. The van der Waals surface area contributed by atoms with Crippen molar-refractivity contribution >= 4 is 11.6 Å². The van der Waals surface area contributed by atoms with E-state index in [1.54, 1.807) is 18.2 Å². The molecule has 1 atom stereocenters. The molecular formula is C10H12ClF2N. The van der Waals surface area contributed by atoms with Gasteiger partial charge in [-0.25, -0.2) is 8.78 Å². The molecule has 1 aromatic carbocycles. The lowest BCUT2D eigenvalue weighted by Crippen LogP contribution is -2.24. The molecule has 1 unspecified atom stereocenters. The van der Waals surface area contributed by atoms with Crippen LogP contribution in [0.2, 0.25) is 5.02 Å². The lowest BCUT2D eigenvalue weighted by atomic mass is 10.1. The molecule has 4 heteroatoms. The highest BCUT2D eigenvalue weighted by molar-refractivity contribution is 6.30. The zero-order valence-electron chi connectivity index (χ0n) is 7.81. The first kappa shape index (κ1) is 11.4. The van der Waals surface area contributed by atoms with Gasteiger partial charge in [-0.3, -0.25) is 0 Å². The molecule has 1 rings (SSSR count). The number of halogens is 3. The van der Waals surface area contributed by atoms with Gasteiger partial charge in [-0.2, -0.15) is 0 Å². The summed E-state index contributed by atoms with van der Waals surface area (Å²) in [6, 6.07) is 7.07. The van der Waals surface area contributed by atoms with Crippen LogP contribution in [0.1, 0.15) is 18.5 Å². The van der Waals surface area contributed by atoms with Gasteiger partial charge in [-0.15, -0.1) is 0 Å². The van der Waals surface area contributed by atoms with E-state index in [-0.39, 0.29) is 12.6 Å². The van der Waals surface area contributed by atoms with Crippen LogP contribution in [0.5, 0.6) is 0 Å². The lowest BCUT2D eigenvalue weighted by Gasteiger charge is -2.13. The van der Waals surface area contributed by atoms with Gasteiger partial charge in [0.25, 0.3) is 6.43 Å². The largest absolute Gasteiger partial charge is 0.305 e. The Kier molecular flexibility index (Phi) is 4.29. The zero-order valence-corrected chi connectivity index (χ0v) is 8.56. The van der Waals surface area contributed by atoms with Crippen LogP contribution in [0.25, 0.3) is 0 Å². The number of benzene rings is 1. The van der Waals surface area contributed by atoms with Crippen LogP contribution >= 0.6 is 11.6 Å². The molecule has 0 saturated heterocycles. The Morgan fingerprint density at radius 3 is 2.71 bits per heavy atom. The Balaban J connectivity index is 2.56. The summed E-state index contributed by atoms with van der Waals surface area (Å²) in [5.41, 5.74) is 0.915. The van der Waals surface area contributed by atoms with Crippen molar-refractivity contribution in [2.24, 2.45) is 0 Å². The summed E-state index contributed by atoms with van der Waals surface area (Å²) in [6.07, 6.45) is -2.32. The molecule has 1 aromatic rings. The molecule has 14 heavy (non-hydrogen) atoms. The molecule has 1 N–H and O–H groups in total. The van der Waals surface area contributed by atoms with E-state index in [0.717, 1.165) is 5.56 Å². The van der Waals surface area contributed by atoms with Gasteiger partial charge in [-0.05, 0) is 24.6 Å². The van der Waals surface area contributed by atoms with Gasteiger partial charge in [0.2, 0.25) is 0 Å². The Morgan fingerprint density at radius 2 is 2.14 bits per heavy atom. The summed E-state index contributed by atoms with van der Waals surface area (Å²) in [5.74, 6) is 0. The summed E-state index contributed by atoms with van der Waals surface area (Å²) in [4.78, 5) is 0. The highest BCUT2D eigenvalue weighted by Crippen LogP contribution is 2.17. The Labute approximate surface area is 87.1 Å². The number of rotatable bonds is 4. The molecule has 0 aliphatic heterocycles. The summed E-state index contributed by atoms with van der Waals surface area (Å²) >= 11 is 5.78. The molecular weight excluding hydrogens is 208 g/mol. The highest BCUT2D eigenvalue weighted by atomic mass is 35.5. The molecule has 0 fully saturated rings. The SMILES string of the molecule is CC(NCC(F)F)c1cccc(Cl)c1. The van der Waals surface area contributed by atoms with Gasteiger partial charge in [-0.1, -0.05) is 23.7 Å². The number of hydrogen-bond donors (Lipinski definition) is 1. The van der Waals surface area contributed by atoms with Crippen molar-refractivity contribution in [1.82, 2.24) is 5.32 Å². The molecule has 1 nitrogen and oxygen atoms in total. The van der Waals surface area contributed by atoms with Crippen LogP contribution in [0.3, 0.4) is 0 Å². The summed E-state index contributed by atoms with van der Waals surface area (Å²) in [6.45, 7) is 1.53. The van der Waals surface area contributed by atoms with Crippen LogP contribution in [0.15, 0.2) is 24.3 Å². The smallest absolute Gasteiger partial charge is 0.250 e. The molecule has 0 amide bonds. The Morgan fingerprint density at radius 1 is 1.43 bits per heavy atom. The average molecular weight is 220 g/mol. The van der Waals surface area contributed by atoms with E-state index >= 15 is 0 Å². The Bertz CT molecular complexity index is 291. The molecule has 0 bridgehead atoms. The number of hydrogen-bond acceptors (Lipinski definition) is 1. The first-order chi connectivity index (χ1) is 6.59. The molecule has 0 heterocycles. The van der Waals surface area contributed by atoms with E-state index < -0.39 is 6.43 Å². The zero-order chi connectivity index (χ0) is 10.6. The van der Waals surface area contributed by atoms with Gasteiger partial charge in [0.05, 0.1) is 6.54 Å². The maximum atomic E-state index is 11.9. The van der Waals surface area contributed by atoms with E-state index in [4.69, 9.17) is 11.6 Å². The predicted molar refractivity (Wildman–Crippen MR) is 53.9 cm³/mol. The third-order valence-corrected chi connectivity index (χ3v) is 2.16. The van der Waals surface area contributed by atoms with Gasteiger partial charge in [0.15, 0.2) is 0 Å². The molecule has 78 valence electrons. The Hall–Kier alpha value is -0.670. The van der Waals surface area contributed by atoms with Crippen molar-refractivity contribution < 1.29 is 8.78 Å². The molecule has 0 aromatic heterocycles. The van der Waals surface area contributed by atoms with Crippen LogP contribution in [-0.2, 0) is 0 Å². The fraction of sp³-hybridized carbons (Fsp3) is 0.400. The third kappa shape index (κ3) is 3.60.